The Morgan fingerprint density at radius 1 is 1.38 bits per heavy atom. The third kappa shape index (κ3) is 4.38. The number of benzene rings is 1. The molecular formula is C13H16F2N4O2. The number of rotatable bonds is 3. The van der Waals surface area contributed by atoms with Gasteiger partial charge in [-0.2, -0.15) is 0 Å². The highest BCUT2D eigenvalue weighted by Crippen LogP contribution is 2.14. The number of morpholine rings is 1. The minimum absolute atomic E-state index is 0.130. The molecule has 0 spiro atoms. The first kappa shape index (κ1) is 15.2. The van der Waals surface area contributed by atoms with Gasteiger partial charge in [-0.15, -0.1) is 0 Å². The Labute approximate surface area is 120 Å². The molecule has 3 N–H and O–H groups in total. The van der Waals surface area contributed by atoms with Gasteiger partial charge < -0.3 is 20.7 Å². The first-order valence-corrected chi connectivity index (χ1v) is 6.44. The van der Waals surface area contributed by atoms with Crippen LogP contribution in [0.15, 0.2) is 23.2 Å². The van der Waals surface area contributed by atoms with Crippen LogP contribution in [-0.4, -0.2) is 49.6 Å². The molecule has 1 amide bonds. The molecule has 1 aromatic carbocycles. The zero-order chi connectivity index (χ0) is 15.2. The Kier molecular flexibility index (Phi) is 5.04. The second kappa shape index (κ2) is 6.98. The summed E-state index contributed by atoms with van der Waals surface area (Å²) in [4.78, 5) is 17.3. The number of carbonyl (C=O) groups excluding carboxylic acids is 1. The van der Waals surface area contributed by atoms with Gasteiger partial charge in [-0.25, -0.2) is 13.8 Å². The molecule has 0 aromatic heterocycles. The first-order chi connectivity index (χ1) is 10.1. The molecule has 1 aromatic rings. The van der Waals surface area contributed by atoms with Crippen molar-refractivity contribution in [3.05, 3.63) is 29.8 Å². The van der Waals surface area contributed by atoms with Crippen LogP contribution in [0.25, 0.3) is 0 Å². The van der Waals surface area contributed by atoms with Crippen LogP contribution in [0.2, 0.25) is 0 Å². The molecule has 0 radical (unpaired) electrons. The molecule has 8 heteroatoms. The van der Waals surface area contributed by atoms with Crippen molar-refractivity contribution < 1.29 is 18.3 Å². The molecule has 0 aliphatic carbocycles. The number of hydrogen-bond acceptors (Lipinski definition) is 3. The molecule has 6 nitrogen and oxygen atoms in total. The third-order valence-electron chi connectivity index (χ3n) is 2.94. The lowest BCUT2D eigenvalue weighted by atomic mass is 10.3. The summed E-state index contributed by atoms with van der Waals surface area (Å²) in [6.45, 7) is 1.87. The highest BCUT2D eigenvalue weighted by molar-refractivity contribution is 5.94. The van der Waals surface area contributed by atoms with Crippen LogP contribution in [0.1, 0.15) is 0 Å². The summed E-state index contributed by atoms with van der Waals surface area (Å²) in [6.07, 6.45) is 0. The molecule has 21 heavy (non-hydrogen) atoms. The van der Waals surface area contributed by atoms with E-state index in [4.69, 9.17) is 10.5 Å². The summed E-state index contributed by atoms with van der Waals surface area (Å²) in [5, 5.41) is 2.43. The number of amides is 1. The summed E-state index contributed by atoms with van der Waals surface area (Å²) < 4.78 is 31.5. The molecule has 1 saturated heterocycles. The topological polar surface area (TPSA) is 80.0 Å². The van der Waals surface area contributed by atoms with Gasteiger partial charge in [-0.1, -0.05) is 0 Å². The molecule has 1 aliphatic rings. The van der Waals surface area contributed by atoms with Crippen LogP contribution in [0.3, 0.4) is 0 Å². The predicted octanol–water partition coefficient (Wildman–Crippen LogP) is 0.550. The Balaban J connectivity index is 1.91. The fourth-order valence-electron chi connectivity index (χ4n) is 1.84. The maximum atomic E-state index is 13.4. The van der Waals surface area contributed by atoms with Gasteiger partial charge in [-0.05, 0) is 12.1 Å². The van der Waals surface area contributed by atoms with Crippen molar-refractivity contribution in [2.24, 2.45) is 10.7 Å². The monoisotopic (exact) mass is 298 g/mol. The smallest absolute Gasteiger partial charge is 0.244 e. The van der Waals surface area contributed by atoms with E-state index in [0.717, 1.165) is 18.2 Å². The van der Waals surface area contributed by atoms with Crippen LogP contribution < -0.4 is 11.1 Å². The van der Waals surface area contributed by atoms with Gasteiger partial charge >= 0.3 is 0 Å². The molecule has 0 bridgehead atoms. The molecule has 0 atom stereocenters. The average molecular weight is 298 g/mol. The quantitative estimate of drug-likeness (QED) is 0.631. The molecular weight excluding hydrogens is 282 g/mol. The summed E-state index contributed by atoms with van der Waals surface area (Å²) in [7, 11) is 0. The Morgan fingerprint density at radius 2 is 2.10 bits per heavy atom. The van der Waals surface area contributed by atoms with Crippen LogP contribution in [0.4, 0.5) is 14.5 Å². The van der Waals surface area contributed by atoms with Gasteiger partial charge in [0.1, 0.15) is 18.2 Å². The van der Waals surface area contributed by atoms with Crippen molar-refractivity contribution in [1.82, 2.24) is 4.90 Å². The molecule has 1 aliphatic heterocycles. The average Bonchev–Trinajstić information content (AvgIpc) is 2.49. The predicted molar refractivity (Wildman–Crippen MR) is 73.9 cm³/mol. The number of guanidine groups is 1. The lowest BCUT2D eigenvalue weighted by molar-refractivity contribution is -0.133. The van der Waals surface area contributed by atoms with E-state index in [2.05, 4.69) is 10.3 Å². The molecule has 0 saturated carbocycles. The van der Waals surface area contributed by atoms with E-state index in [-0.39, 0.29) is 24.1 Å². The van der Waals surface area contributed by atoms with Crippen molar-refractivity contribution in [1.29, 1.82) is 0 Å². The molecule has 1 heterocycles. The van der Waals surface area contributed by atoms with Crippen molar-refractivity contribution in [3.63, 3.8) is 0 Å². The number of aliphatic imine (C=N–C) groups is 1. The number of anilines is 1. The number of ether oxygens (including phenoxy) is 1. The lowest BCUT2D eigenvalue weighted by Crippen LogP contribution is -2.42. The van der Waals surface area contributed by atoms with Crippen molar-refractivity contribution in [2.75, 3.05) is 38.2 Å². The maximum absolute atomic E-state index is 13.4. The lowest BCUT2D eigenvalue weighted by Gasteiger charge is -2.26. The highest BCUT2D eigenvalue weighted by atomic mass is 19.1. The first-order valence-electron chi connectivity index (χ1n) is 6.44. The van der Waals surface area contributed by atoms with E-state index in [1.807, 2.05) is 0 Å². The van der Waals surface area contributed by atoms with Gasteiger partial charge in [0.25, 0.3) is 0 Å². The molecule has 114 valence electrons. The minimum atomic E-state index is -0.658. The molecule has 0 unspecified atom stereocenters. The van der Waals surface area contributed by atoms with E-state index in [1.54, 1.807) is 4.90 Å². The zero-order valence-electron chi connectivity index (χ0n) is 11.3. The van der Waals surface area contributed by atoms with E-state index >= 15 is 0 Å². The van der Waals surface area contributed by atoms with Gasteiger partial charge in [0.15, 0.2) is 5.96 Å². The van der Waals surface area contributed by atoms with E-state index in [9.17, 15) is 13.6 Å². The number of nitrogens with zero attached hydrogens (tertiary/aromatic N) is 2. The largest absolute Gasteiger partial charge is 0.378 e. The highest BCUT2D eigenvalue weighted by Gasteiger charge is 2.16. The molecule has 2 rings (SSSR count). The van der Waals surface area contributed by atoms with Crippen LogP contribution >= 0.6 is 0 Å². The number of hydrogen-bond donors (Lipinski definition) is 2. The van der Waals surface area contributed by atoms with Crippen molar-refractivity contribution >= 4 is 17.6 Å². The van der Waals surface area contributed by atoms with Crippen LogP contribution in [0, 0.1) is 11.6 Å². The van der Waals surface area contributed by atoms with Crippen LogP contribution in [-0.2, 0) is 9.53 Å². The number of nitrogens with one attached hydrogen (secondary N) is 1. The van der Waals surface area contributed by atoms with Crippen molar-refractivity contribution in [2.45, 2.75) is 0 Å². The summed E-state index contributed by atoms with van der Waals surface area (Å²) in [5.74, 6) is -1.60. The summed E-state index contributed by atoms with van der Waals surface area (Å²) in [6, 6.07) is 2.93. The Bertz CT molecular complexity index is 545. The third-order valence-corrected chi connectivity index (χ3v) is 2.94. The maximum Gasteiger partial charge on any atom is 0.244 e. The summed E-state index contributed by atoms with van der Waals surface area (Å²) >= 11 is 0. The van der Waals surface area contributed by atoms with Crippen molar-refractivity contribution in [3.8, 4) is 0 Å². The summed E-state index contributed by atoms with van der Waals surface area (Å²) in [5.41, 5.74) is 5.43. The normalized spacial score (nSPS) is 15.9. The van der Waals surface area contributed by atoms with Gasteiger partial charge in [0.05, 0.1) is 18.9 Å². The van der Waals surface area contributed by atoms with Crippen LogP contribution in [0.5, 0.6) is 0 Å². The van der Waals surface area contributed by atoms with Gasteiger partial charge in [0.2, 0.25) is 5.91 Å². The van der Waals surface area contributed by atoms with E-state index in [0.29, 0.717) is 26.3 Å². The number of halogens is 2. The fourth-order valence-corrected chi connectivity index (χ4v) is 1.84. The van der Waals surface area contributed by atoms with Gasteiger partial charge in [-0.3, -0.25) is 4.79 Å². The Morgan fingerprint density at radius 3 is 2.81 bits per heavy atom. The standard InChI is InChI=1S/C13H16F2N4O2/c14-9-1-2-10(15)11(7-9)18-13(16)17-8-12(20)19-3-5-21-6-4-19/h1-2,7H,3-6,8H2,(H3,16,17,18). The molecule has 1 fully saturated rings. The fraction of sp³-hybridized carbons (Fsp3) is 0.385. The van der Waals surface area contributed by atoms with E-state index < -0.39 is 11.6 Å². The zero-order valence-corrected chi connectivity index (χ0v) is 11.3. The Hall–Kier alpha value is -2.22. The van der Waals surface area contributed by atoms with Gasteiger partial charge in [0, 0.05) is 19.2 Å². The second-order valence-electron chi connectivity index (χ2n) is 4.44. The van der Waals surface area contributed by atoms with E-state index in [1.165, 1.54) is 0 Å². The SMILES string of the molecule is NC(=NCC(=O)N1CCOCC1)Nc1cc(F)ccc1F. The number of carbonyl (C=O) groups is 1. The minimum Gasteiger partial charge on any atom is -0.378 e. The number of nitrogens with two attached hydrogens (primary N) is 1. The second-order valence-corrected chi connectivity index (χ2v) is 4.44.